The Morgan fingerprint density at radius 1 is 1.38 bits per heavy atom. The van der Waals surface area contributed by atoms with Crippen molar-refractivity contribution in [1.29, 1.82) is 0 Å². The van der Waals surface area contributed by atoms with Crippen LogP contribution in [0.4, 0.5) is 10.1 Å². The molecule has 2 rings (SSSR count). The van der Waals surface area contributed by atoms with E-state index in [1.807, 2.05) is 12.3 Å². The van der Waals surface area contributed by atoms with Gasteiger partial charge >= 0.3 is 0 Å². The number of sulfonamides is 1. The smallest absolute Gasteiger partial charge is 0.241 e. The molecule has 1 heterocycles. The number of nitrogen functional groups attached to an aromatic ring is 1. The molecule has 0 fully saturated rings. The van der Waals surface area contributed by atoms with Gasteiger partial charge in [-0.1, -0.05) is 0 Å². The molecular weight excluding hydrogens is 313 g/mol. The van der Waals surface area contributed by atoms with Gasteiger partial charge in [-0.15, -0.1) is 11.3 Å². The fraction of sp³-hybridized carbons (Fsp3) is 0.308. The van der Waals surface area contributed by atoms with Gasteiger partial charge in [-0.05, 0) is 38.5 Å². The zero-order chi connectivity index (χ0) is 15.8. The van der Waals surface area contributed by atoms with E-state index in [-0.39, 0.29) is 16.1 Å². The zero-order valence-corrected chi connectivity index (χ0v) is 13.5. The van der Waals surface area contributed by atoms with E-state index in [1.165, 1.54) is 24.3 Å². The predicted molar refractivity (Wildman–Crippen MR) is 81.1 cm³/mol. The lowest BCUT2D eigenvalue weighted by Crippen LogP contribution is -2.27. The van der Waals surface area contributed by atoms with E-state index in [1.54, 1.807) is 6.92 Å². The maximum atomic E-state index is 13.5. The second kappa shape index (κ2) is 5.70. The third-order valence-corrected chi connectivity index (χ3v) is 5.57. The number of hydrogen-bond acceptors (Lipinski definition) is 5. The molecule has 0 saturated heterocycles. The quantitative estimate of drug-likeness (QED) is 0.844. The minimum absolute atomic E-state index is 0.0565. The van der Waals surface area contributed by atoms with Gasteiger partial charge < -0.3 is 5.73 Å². The van der Waals surface area contributed by atoms with E-state index in [4.69, 9.17) is 5.73 Å². The van der Waals surface area contributed by atoms with Crippen molar-refractivity contribution in [2.75, 3.05) is 5.73 Å². The Morgan fingerprint density at radius 2 is 2.05 bits per heavy atom. The highest BCUT2D eigenvalue weighted by atomic mass is 32.2. The van der Waals surface area contributed by atoms with Crippen LogP contribution in [0, 0.1) is 19.7 Å². The van der Waals surface area contributed by atoms with Crippen molar-refractivity contribution in [3.8, 4) is 0 Å². The van der Waals surface area contributed by atoms with E-state index in [2.05, 4.69) is 9.71 Å². The molecule has 1 atom stereocenters. The molecule has 2 aromatic rings. The topological polar surface area (TPSA) is 85.1 Å². The summed E-state index contributed by atoms with van der Waals surface area (Å²) in [5, 5.41) is 2.52. The highest BCUT2D eigenvalue weighted by molar-refractivity contribution is 7.89. The van der Waals surface area contributed by atoms with Crippen LogP contribution in [0.2, 0.25) is 0 Å². The molecule has 0 radical (unpaired) electrons. The van der Waals surface area contributed by atoms with Gasteiger partial charge in [0.15, 0.2) is 0 Å². The Labute approximate surface area is 127 Å². The molecule has 0 amide bonds. The van der Waals surface area contributed by atoms with Gasteiger partial charge in [0.05, 0.1) is 16.6 Å². The van der Waals surface area contributed by atoms with E-state index in [0.717, 1.165) is 11.8 Å². The fourth-order valence-electron chi connectivity index (χ4n) is 1.84. The normalized spacial score (nSPS) is 13.3. The maximum absolute atomic E-state index is 13.5. The summed E-state index contributed by atoms with van der Waals surface area (Å²) in [5.41, 5.74) is 6.32. The lowest BCUT2D eigenvalue weighted by Gasteiger charge is -2.13. The first-order chi connectivity index (χ1) is 9.70. The van der Waals surface area contributed by atoms with E-state index in [0.29, 0.717) is 5.01 Å². The summed E-state index contributed by atoms with van der Waals surface area (Å²) in [5.74, 6) is -0.599. The Hall–Kier alpha value is -1.51. The number of hydrogen-bond donors (Lipinski definition) is 2. The van der Waals surface area contributed by atoms with Gasteiger partial charge in [0.1, 0.15) is 10.8 Å². The number of halogens is 1. The molecule has 0 aliphatic rings. The van der Waals surface area contributed by atoms with Gasteiger partial charge in [-0.25, -0.2) is 22.5 Å². The number of nitrogens with two attached hydrogens (primary N) is 1. The number of anilines is 1. The minimum atomic E-state index is -3.79. The van der Waals surface area contributed by atoms with Crippen LogP contribution in [-0.4, -0.2) is 13.4 Å². The van der Waals surface area contributed by atoms with Crippen molar-refractivity contribution >= 4 is 27.0 Å². The number of nitrogens with zero attached hydrogens (tertiary/aromatic N) is 1. The summed E-state index contributed by atoms with van der Waals surface area (Å²) in [6, 6.07) is 1.90. The van der Waals surface area contributed by atoms with Crippen LogP contribution in [0.15, 0.2) is 22.4 Å². The summed E-state index contributed by atoms with van der Waals surface area (Å²) in [7, 11) is -3.79. The molecule has 0 spiro atoms. The zero-order valence-electron chi connectivity index (χ0n) is 11.8. The Bertz CT molecular complexity index is 748. The third-order valence-electron chi connectivity index (χ3n) is 2.91. The van der Waals surface area contributed by atoms with Gasteiger partial charge in [0.25, 0.3) is 0 Å². The number of thiazole rings is 1. The maximum Gasteiger partial charge on any atom is 0.241 e. The minimum Gasteiger partial charge on any atom is -0.396 e. The van der Waals surface area contributed by atoms with Crippen LogP contribution in [0.5, 0.6) is 0 Å². The van der Waals surface area contributed by atoms with Gasteiger partial charge in [-0.2, -0.15) is 0 Å². The first kappa shape index (κ1) is 15.9. The van der Waals surface area contributed by atoms with Gasteiger partial charge in [-0.3, -0.25) is 0 Å². The van der Waals surface area contributed by atoms with E-state index < -0.39 is 21.9 Å². The monoisotopic (exact) mass is 329 g/mol. The lowest BCUT2D eigenvalue weighted by molar-refractivity contribution is 0.565. The first-order valence-corrected chi connectivity index (χ1v) is 8.57. The van der Waals surface area contributed by atoms with Crippen molar-refractivity contribution in [3.05, 3.63) is 39.6 Å². The molecule has 114 valence electrons. The lowest BCUT2D eigenvalue weighted by atomic mass is 10.2. The largest absolute Gasteiger partial charge is 0.396 e. The van der Waals surface area contributed by atoms with E-state index in [9.17, 15) is 12.8 Å². The fourth-order valence-corrected chi connectivity index (χ4v) is 4.05. The molecule has 0 bridgehead atoms. The molecule has 1 aromatic carbocycles. The van der Waals surface area contributed by atoms with Crippen LogP contribution in [-0.2, 0) is 10.0 Å². The average Bonchev–Trinajstić information content (AvgIpc) is 2.81. The van der Waals surface area contributed by atoms with Gasteiger partial charge in [0, 0.05) is 11.1 Å². The van der Waals surface area contributed by atoms with Gasteiger partial charge in [0.2, 0.25) is 10.0 Å². The second-order valence-corrected chi connectivity index (χ2v) is 7.42. The number of nitrogens with one attached hydrogen (secondary N) is 1. The Balaban J connectivity index is 2.30. The second-order valence-electron chi connectivity index (χ2n) is 4.81. The highest BCUT2D eigenvalue weighted by Gasteiger charge is 2.22. The molecule has 21 heavy (non-hydrogen) atoms. The van der Waals surface area contributed by atoms with Crippen molar-refractivity contribution in [1.82, 2.24) is 9.71 Å². The Morgan fingerprint density at radius 3 is 2.57 bits per heavy atom. The molecule has 1 unspecified atom stereocenters. The number of rotatable bonds is 4. The van der Waals surface area contributed by atoms with Crippen LogP contribution < -0.4 is 10.5 Å². The molecule has 0 aliphatic heterocycles. The summed E-state index contributed by atoms with van der Waals surface area (Å²) in [6.45, 7) is 5.01. The van der Waals surface area contributed by atoms with Crippen LogP contribution >= 0.6 is 11.3 Å². The molecule has 0 aliphatic carbocycles. The van der Waals surface area contributed by atoms with Crippen molar-refractivity contribution < 1.29 is 12.8 Å². The Kier molecular flexibility index (Phi) is 4.31. The first-order valence-electron chi connectivity index (χ1n) is 6.20. The van der Waals surface area contributed by atoms with Crippen molar-refractivity contribution in [2.45, 2.75) is 31.7 Å². The van der Waals surface area contributed by atoms with Crippen molar-refractivity contribution in [2.24, 2.45) is 0 Å². The summed E-state index contributed by atoms with van der Waals surface area (Å²) in [4.78, 5) is 4.19. The summed E-state index contributed by atoms with van der Waals surface area (Å²) in [6.07, 6.45) is 0. The van der Waals surface area contributed by atoms with Crippen LogP contribution in [0.1, 0.15) is 29.2 Å². The molecule has 8 heteroatoms. The number of aryl methyl sites for hydroxylation is 2. The standard InChI is InChI=1S/C13H16FN3O2S2/c1-7-4-10(5-11(15)12(7)14)21(18,19)17-9(3)13-16-8(2)6-20-13/h4-6,9,17H,15H2,1-3H3. The summed E-state index contributed by atoms with van der Waals surface area (Å²) >= 11 is 1.38. The summed E-state index contributed by atoms with van der Waals surface area (Å²) < 4.78 is 40.7. The number of aromatic nitrogens is 1. The molecule has 0 saturated carbocycles. The molecular formula is C13H16FN3O2S2. The number of benzene rings is 1. The molecule has 3 N–H and O–H groups in total. The van der Waals surface area contributed by atoms with Crippen LogP contribution in [0.3, 0.4) is 0 Å². The third kappa shape index (κ3) is 3.39. The predicted octanol–water partition coefficient (Wildman–Crippen LogP) is 2.52. The average molecular weight is 329 g/mol. The van der Waals surface area contributed by atoms with Crippen LogP contribution in [0.25, 0.3) is 0 Å². The SMILES string of the molecule is Cc1csc(C(C)NS(=O)(=O)c2cc(C)c(F)c(N)c2)n1. The van der Waals surface area contributed by atoms with E-state index >= 15 is 0 Å². The molecule has 1 aromatic heterocycles. The highest BCUT2D eigenvalue weighted by Crippen LogP contribution is 2.24. The molecule has 5 nitrogen and oxygen atoms in total. The van der Waals surface area contributed by atoms with Crippen molar-refractivity contribution in [3.63, 3.8) is 0 Å².